The fraction of sp³-hybridized carbons (Fsp3) is 0.562. The second kappa shape index (κ2) is 9.08. The number of nitrogens with one attached hydrogen (secondary N) is 1. The Morgan fingerprint density at radius 2 is 2.18 bits per heavy atom. The molecule has 3 N–H and O–H groups in total. The average Bonchev–Trinajstić information content (AvgIpc) is 2.48. The van der Waals surface area contributed by atoms with Gasteiger partial charge in [0.25, 0.3) is 0 Å². The van der Waals surface area contributed by atoms with E-state index in [0.29, 0.717) is 24.6 Å². The first kappa shape index (κ1) is 18.9. The number of amides is 1. The summed E-state index contributed by atoms with van der Waals surface area (Å²) in [5.74, 6) is 0.298. The van der Waals surface area contributed by atoms with Crippen molar-refractivity contribution < 1.29 is 9.18 Å². The maximum absolute atomic E-state index is 13.5. The lowest BCUT2D eigenvalue weighted by Gasteiger charge is -2.37. The van der Waals surface area contributed by atoms with Crippen LogP contribution in [-0.4, -0.2) is 36.5 Å². The molecule has 1 fully saturated rings. The minimum Gasteiger partial charge on any atom is -0.351 e. The van der Waals surface area contributed by atoms with Gasteiger partial charge >= 0.3 is 0 Å². The van der Waals surface area contributed by atoms with E-state index < -0.39 is 0 Å². The zero-order chi connectivity index (χ0) is 15.2. The van der Waals surface area contributed by atoms with Gasteiger partial charge in [-0.15, -0.1) is 12.4 Å². The van der Waals surface area contributed by atoms with Crippen molar-refractivity contribution in [3.8, 4) is 0 Å². The fourth-order valence-electron chi connectivity index (χ4n) is 2.83. The Labute approximate surface area is 137 Å². The van der Waals surface area contributed by atoms with Crippen LogP contribution in [0.15, 0.2) is 24.3 Å². The molecular weight excluding hydrogens is 305 g/mol. The first-order valence-electron chi connectivity index (χ1n) is 7.54. The van der Waals surface area contributed by atoms with Crippen LogP contribution in [0.5, 0.6) is 0 Å². The molecule has 2 unspecified atom stereocenters. The topological polar surface area (TPSA) is 58.4 Å². The Balaban J connectivity index is 0.00000242. The molecule has 1 saturated heterocycles. The first-order chi connectivity index (χ1) is 10.1. The largest absolute Gasteiger partial charge is 0.351 e. The Morgan fingerprint density at radius 1 is 1.45 bits per heavy atom. The molecule has 124 valence electrons. The third-order valence-electron chi connectivity index (χ3n) is 4.15. The number of carbonyl (C=O) groups is 1. The average molecular weight is 330 g/mol. The lowest BCUT2D eigenvalue weighted by atomic mass is 9.92. The molecule has 2 atom stereocenters. The van der Waals surface area contributed by atoms with Crippen molar-refractivity contribution in [3.05, 3.63) is 35.6 Å². The number of carbonyl (C=O) groups excluding carboxylic acids is 1. The molecule has 22 heavy (non-hydrogen) atoms. The monoisotopic (exact) mass is 329 g/mol. The number of nitrogens with zero attached hydrogens (tertiary/aromatic N) is 1. The lowest BCUT2D eigenvalue weighted by Crippen LogP contribution is -2.50. The molecule has 0 aromatic heterocycles. The lowest BCUT2D eigenvalue weighted by molar-refractivity contribution is -0.123. The zero-order valence-corrected chi connectivity index (χ0v) is 13.7. The first-order valence-corrected chi connectivity index (χ1v) is 7.54. The molecule has 1 amide bonds. The highest BCUT2D eigenvalue weighted by Gasteiger charge is 2.26. The molecule has 1 aromatic rings. The summed E-state index contributed by atoms with van der Waals surface area (Å²) < 4.78 is 13.5. The van der Waals surface area contributed by atoms with E-state index in [2.05, 4.69) is 17.1 Å². The molecule has 0 aliphatic carbocycles. The maximum Gasteiger partial charge on any atom is 0.234 e. The van der Waals surface area contributed by atoms with Crippen molar-refractivity contribution >= 4 is 18.3 Å². The van der Waals surface area contributed by atoms with Gasteiger partial charge < -0.3 is 11.1 Å². The number of rotatable bonds is 5. The van der Waals surface area contributed by atoms with E-state index in [1.165, 1.54) is 6.07 Å². The van der Waals surface area contributed by atoms with Crippen LogP contribution in [0.2, 0.25) is 0 Å². The smallest absolute Gasteiger partial charge is 0.234 e. The van der Waals surface area contributed by atoms with Crippen LogP contribution in [0.4, 0.5) is 4.39 Å². The van der Waals surface area contributed by atoms with Gasteiger partial charge in [-0.2, -0.15) is 0 Å². The van der Waals surface area contributed by atoms with Crippen molar-refractivity contribution in [2.75, 3.05) is 19.6 Å². The summed E-state index contributed by atoms with van der Waals surface area (Å²) in [5, 5.41) is 2.78. The van der Waals surface area contributed by atoms with E-state index in [-0.39, 0.29) is 36.7 Å². The van der Waals surface area contributed by atoms with Gasteiger partial charge in [0.15, 0.2) is 0 Å². The number of halogens is 2. The van der Waals surface area contributed by atoms with E-state index in [1.807, 2.05) is 0 Å². The Hall–Kier alpha value is -1.17. The van der Waals surface area contributed by atoms with E-state index in [0.717, 1.165) is 19.4 Å². The fourth-order valence-corrected chi connectivity index (χ4v) is 2.83. The molecule has 0 radical (unpaired) electrons. The number of piperidine rings is 1. The Morgan fingerprint density at radius 3 is 2.86 bits per heavy atom. The van der Waals surface area contributed by atoms with Gasteiger partial charge in [0, 0.05) is 24.7 Å². The number of hydrogen-bond acceptors (Lipinski definition) is 3. The second-order valence-electron chi connectivity index (χ2n) is 5.86. The van der Waals surface area contributed by atoms with Gasteiger partial charge in [0.05, 0.1) is 6.54 Å². The highest BCUT2D eigenvalue weighted by Crippen LogP contribution is 2.21. The van der Waals surface area contributed by atoms with Gasteiger partial charge in [-0.3, -0.25) is 9.69 Å². The number of nitrogens with two attached hydrogens (primary N) is 1. The van der Waals surface area contributed by atoms with Crippen LogP contribution in [0, 0.1) is 11.7 Å². The highest BCUT2D eigenvalue weighted by atomic mass is 35.5. The molecule has 1 heterocycles. The van der Waals surface area contributed by atoms with Crippen molar-refractivity contribution in [1.82, 2.24) is 10.2 Å². The number of likely N-dealkylation sites (tertiary alicyclic amines) is 1. The molecular formula is C16H25ClFN3O. The molecule has 1 aliphatic heterocycles. The van der Waals surface area contributed by atoms with Crippen molar-refractivity contribution in [2.45, 2.75) is 32.4 Å². The summed E-state index contributed by atoms with van der Waals surface area (Å²) in [6.45, 7) is 4.26. The normalized spacial score (nSPS) is 22.0. The van der Waals surface area contributed by atoms with Crippen LogP contribution in [0.3, 0.4) is 0 Å². The molecule has 2 rings (SSSR count). The van der Waals surface area contributed by atoms with Crippen molar-refractivity contribution in [2.24, 2.45) is 11.7 Å². The van der Waals surface area contributed by atoms with Crippen LogP contribution < -0.4 is 11.1 Å². The Bertz CT molecular complexity index is 486. The standard InChI is InChI=1S/C16H24FN3O.ClH/c1-12-6-7-20(14(8-12)9-18)11-16(21)19-10-13-4-2-3-5-15(13)17;/h2-5,12,14H,6-11,18H2,1H3,(H,19,21);1H. The van der Waals surface area contributed by atoms with Crippen LogP contribution in [0.25, 0.3) is 0 Å². The predicted octanol–water partition coefficient (Wildman–Crippen LogP) is 1.92. The van der Waals surface area contributed by atoms with Crippen molar-refractivity contribution in [1.29, 1.82) is 0 Å². The summed E-state index contributed by atoms with van der Waals surface area (Å²) in [6, 6.07) is 6.76. The van der Waals surface area contributed by atoms with Crippen LogP contribution >= 0.6 is 12.4 Å². The summed E-state index contributed by atoms with van der Waals surface area (Å²) in [6.07, 6.45) is 2.13. The van der Waals surface area contributed by atoms with E-state index in [4.69, 9.17) is 5.73 Å². The second-order valence-corrected chi connectivity index (χ2v) is 5.86. The molecule has 6 heteroatoms. The van der Waals surface area contributed by atoms with Gasteiger partial charge in [0.1, 0.15) is 5.82 Å². The minimum absolute atomic E-state index is 0. The molecule has 1 aromatic carbocycles. The Kier molecular flexibility index (Phi) is 7.79. The van der Waals surface area contributed by atoms with E-state index in [9.17, 15) is 9.18 Å². The maximum atomic E-state index is 13.5. The predicted molar refractivity (Wildman–Crippen MR) is 88.3 cm³/mol. The summed E-state index contributed by atoms with van der Waals surface area (Å²) in [4.78, 5) is 14.2. The van der Waals surface area contributed by atoms with Crippen molar-refractivity contribution in [3.63, 3.8) is 0 Å². The zero-order valence-electron chi connectivity index (χ0n) is 12.9. The minimum atomic E-state index is -0.288. The molecule has 0 spiro atoms. The van der Waals surface area contributed by atoms with E-state index >= 15 is 0 Å². The third kappa shape index (κ3) is 5.23. The quantitative estimate of drug-likeness (QED) is 0.867. The molecule has 0 saturated carbocycles. The molecule has 1 aliphatic rings. The molecule has 4 nitrogen and oxygen atoms in total. The highest BCUT2D eigenvalue weighted by molar-refractivity contribution is 5.85. The summed E-state index contributed by atoms with van der Waals surface area (Å²) >= 11 is 0. The van der Waals surface area contributed by atoms with E-state index in [1.54, 1.807) is 18.2 Å². The van der Waals surface area contributed by atoms with Gasteiger partial charge in [-0.25, -0.2) is 4.39 Å². The third-order valence-corrected chi connectivity index (χ3v) is 4.15. The van der Waals surface area contributed by atoms with Gasteiger partial charge in [-0.1, -0.05) is 25.1 Å². The molecule has 0 bridgehead atoms. The summed E-state index contributed by atoms with van der Waals surface area (Å²) in [5.41, 5.74) is 6.30. The number of hydrogen-bond donors (Lipinski definition) is 2. The van der Waals surface area contributed by atoms with Gasteiger partial charge in [0.2, 0.25) is 5.91 Å². The SMILES string of the molecule is CC1CCN(CC(=O)NCc2ccccc2F)C(CN)C1.Cl. The summed E-state index contributed by atoms with van der Waals surface area (Å²) in [7, 11) is 0. The van der Waals surface area contributed by atoms with Crippen LogP contribution in [0.1, 0.15) is 25.3 Å². The number of benzene rings is 1. The van der Waals surface area contributed by atoms with Gasteiger partial charge in [-0.05, 0) is 31.4 Å². The van der Waals surface area contributed by atoms with Crippen LogP contribution in [-0.2, 0) is 11.3 Å².